The van der Waals surface area contributed by atoms with Crippen LogP contribution in [-0.4, -0.2) is 35.3 Å². The molecule has 0 amide bonds. The maximum atomic E-state index is 12.0. The molecule has 148 valence electrons. The normalized spacial score (nSPS) is 28.7. The molecular formula is C26H27NO2. The van der Waals surface area contributed by atoms with E-state index in [2.05, 4.69) is 65.6 Å². The lowest BCUT2D eigenvalue weighted by Crippen LogP contribution is -2.60. The molecule has 1 N–H and O–H groups in total. The number of piperidine rings is 1. The van der Waals surface area contributed by atoms with Crippen LogP contribution in [0, 0.1) is 0 Å². The number of ether oxygens (including phenoxy) is 1. The van der Waals surface area contributed by atoms with Gasteiger partial charge in [-0.25, -0.2) is 0 Å². The van der Waals surface area contributed by atoms with E-state index in [0.29, 0.717) is 13.2 Å². The molecule has 2 heterocycles. The van der Waals surface area contributed by atoms with Crippen LogP contribution in [0.25, 0.3) is 10.8 Å². The number of hydrogen-bond donors (Lipinski definition) is 1. The molecule has 0 aromatic heterocycles. The molecular weight excluding hydrogens is 358 g/mol. The number of morpholine rings is 1. The summed E-state index contributed by atoms with van der Waals surface area (Å²) in [7, 11) is 0. The number of nitrogens with zero attached hydrogens (tertiary/aromatic N) is 1. The van der Waals surface area contributed by atoms with Crippen molar-refractivity contribution in [2.75, 3.05) is 13.2 Å². The average molecular weight is 386 g/mol. The highest BCUT2D eigenvalue weighted by Gasteiger charge is 2.47. The Kier molecular flexibility index (Phi) is 4.05. The first-order chi connectivity index (χ1) is 14.2. The molecule has 2 unspecified atom stereocenters. The van der Waals surface area contributed by atoms with Crippen LogP contribution in [0.15, 0.2) is 60.7 Å². The summed E-state index contributed by atoms with van der Waals surface area (Å²) in [6, 6.07) is 22.2. The molecule has 3 nitrogen and oxygen atoms in total. The molecule has 2 atom stereocenters. The van der Waals surface area contributed by atoms with Gasteiger partial charge in [0.25, 0.3) is 0 Å². The second-order valence-corrected chi connectivity index (χ2v) is 9.05. The van der Waals surface area contributed by atoms with Gasteiger partial charge in [0, 0.05) is 18.6 Å². The summed E-state index contributed by atoms with van der Waals surface area (Å²) in [4.78, 5) is 2.56. The van der Waals surface area contributed by atoms with Gasteiger partial charge >= 0.3 is 0 Å². The third-order valence-corrected chi connectivity index (χ3v) is 7.29. The fourth-order valence-electron chi connectivity index (χ4n) is 5.97. The van der Waals surface area contributed by atoms with Crippen molar-refractivity contribution in [2.45, 2.75) is 49.9 Å². The molecule has 6 rings (SSSR count). The third-order valence-electron chi connectivity index (χ3n) is 7.29. The standard InChI is InChI=1S/C26H27NO2/c28-26(24-12-11-20-10-9-19-7-4-8-23(24)25(19)20)13-21-16-29-17-22(14-26)27(21)15-18-5-2-1-3-6-18/h1-8,11-12,21-22,28H,9-10,13-17H2. The Labute approximate surface area is 171 Å². The zero-order chi connectivity index (χ0) is 19.4. The Hall–Kier alpha value is -2.20. The topological polar surface area (TPSA) is 32.7 Å². The maximum Gasteiger partial charge on any atom is 0.0934 e. The van der Waals surface area contributed by atoms with Crippen molar-refractivity contribution in [3.8, 4) is 0 Å². The van der Waals surface area contributed by atoms with E-state index < -0.39 is 5.60 Å². The van der Waals surface area contributed by atoms with Gasteiger partial charge in [-0.2, -0.15) is 0 Å². The van der Waals surface area contributed by atoms with Crippen LogP contribution in [0.5, 0.6) is 0 Å². The number of aryl methyl sites for hydroxylation is 2. The lowest BCUT2D eigenvalue weighted by Gasteiger charge is -2.52. The fraction of sp³-hybridized carbons (Fsp3) is 0.385. The average Bonchev–Trinajstić information content (AvgIpc) is 3.15. The van der Waals surface area contributed by atoms with Crippen molar-refractivity contribution in [1.29, 1.82) is 0 Å². The first kappa shape index (κ1) is 17.6. The van der Waals surface area contributed by atoms with Crippen LogP contribution in [0.3, 0.4) is 0 Å². The predicted octanol–water partition coefficient (Wildman–Crippen LogP) is 4.19. The van der Waals surface area contributed by atoms with E-state index in [1.807, 2.05) is 0 Å². The molecule has 0 radical (unpaired) electrons. The Bertz CT molecular complexity index is 1040. The van der Waals surface area contributed by atoms with Crippen LogP contribution in [0.2, 0.25) is 0 Å². The van der Waals surface area contributed by atoms with E-state index in [0.717, 1.165) is 37.8 Å². The first-order valence-corrected chi connectivity index (χ1v) is 10.8. The highest BCUT2D eigenvalue weighted by molar-refractivity contribution is 5.93. The second kappa shape index (κ2) is 6.66. The molecule has 3 aromatic carbocycles. The Morgan fingerprint density at radius 3 is 2.34 bits per heavy atom. The molecule has 1 aliphatic carbocycles. The summed E-state index contributed by atoms with van der Waals surface area (Å²) in [6.45, 7) is 2.33. The van der Waals surface area contributed by atoms with E-state index >= 15 is 0 Å². The Morgan fingerprint density at radius 2 is 1.59 bits per heavy atom. The van der Waals surface area contributed by atoms with Gasteiger partial charge in [0.05, 0.1) is 18.8 Å². The molecule has 2 saturated heterocycles. The summed E-state index contributed by atoms with van der Waals surface area (Å²) in [5.41, 5.74) is 4.55. The van der Waals surface area contributed by atoms with Gasteiger partial charge in [0.2, 0.25) is 0 Å². The molecule has 0 spiro atoms. The number of benzene rings is 3. The van der Waals surface area contributed by atoms with Gasteiger partial charge in [0.15, 0.2) is 0 Å². The van der Waals surface area contributed by atoms with Gasteiger partial charge < -0.3 is 9.84 Å². The highest BCUT2D eigenvalue weighted by atomic mass is 16.5. The van der Waals surface area contributed by atoms with E-state index in [-0.39, 0.29) is 12.1 Å². The minimum Gasteiger partial charge on any atom is -0.385 e. The van der Waals surface area contributed by atoms with Crippen molar-refractivity contribution in [3.63, 3.8) is 0 Å². The third kappa shape index (κ3) is 2.83. The quantitative estimate of drug-likeness (QED) is 0.734. The van der Waals surface area contributed by atoms with Crippen molar-refractivity contribution in [3.05, 3.63) is 82.9 Å². The van der Waals surface area contributed by atoms with Crippen LogP contribution in [0.1, 0.15) is 35.1 Å². The maximum absolute atomic E-state index is 12.0. The predicted molar refractivity (Wildman–Crippen MR) is 115 cm³/mol. The fourth-order valence-corrected chi connectivity index (χ4v) is 5.97. The van der Waals surface area contributed by atoms with Crippen LogP contribution < -0.4 is 0 Å². The zero-order valence-corrected chi connectivity index (χ0v) is 16.7. The van der Waals surface area contributed by atoms with Gasteiger partial charge in [-0.3, -0.25) is 4.90 Å². The lowest BCUT2D eigenvalue weighted by molar-refractivity contribution is -0.149. The first-order valence-electron chi connectivity index (χ1n) is 10.8. The van der Waals surface area contributed by atoms with E-state index in [1.54, 1.807) is 0 Å². The largest absolute Gasteiger partial charge is 0.385 e. The highest BCUT2D eigenvalue weighted by Crippen LogP contribution is 2.45. The molecule has 2 aliphatic heterocycles. The zero-order valence-electron chi connectivity index (χ0n) is 16.7. The van der Waals surface area contributed by atoms with Gasteiger partial charge in [0.1, 0.15) is 0 Å². The van der Waals surface area contributed by atoms with Gasteiger partial charge in [-0.15, -0.1) is 0 Å². The minimum absolute atomic E-state index is 0.246. The summed E-state index contributed by atoms with van der Waals surface area (Å²) in [6.07, 6.45) is 3.71. The summed E-state index contributed by atoms with van der Waals surface area (Å²) in [5, 5.41) is 14.6. The Morgan fingerprint density at radius 1 is 0.862 bits per heavy atom. The molecule has 0 saturated carbocycles. The lowest BCUT2D eigenvalue weighted by atomic mass is 9.75. The monoisotopic (exact) mass is 385 g/mol. The Balaban J connectivity index is 1.37. The summed E-state index contributed by atoms with van der Waals surface area (Å²) < 4.78 is 5.92. The molecule has 3 aliphatic rings. The van der Waals surface area contributed by atoms with Crippen LogP contribution in [-0.2, 0) is 29.7 Å². The van der Waals surface area contributed by atoms with Crippen molar-refractivity contribution < 1.29 is 9.84 Å². The molecule has 2 bridgehead atoms. The van der Waals surface area contributed by atoms with Crippen LogP contribution in [0.4, 0.5) is 0 Å². The van der Waals surface area contributed by atoms with Crippen LogP contribution >= 0.6 is 0 Å². The number of hydrogen-bond acceptors (Lipinski definition) is 3. The van der Waals surface area contributed by atoms with E-state index in [1.165, 1.54) is 27.5 Å². The summed E-state index contributed by atoms with van der Waals surface area (Å²) >= 11 is 0. The van der Waals surface area contributed by atoms with E-state index in [9.17, 15) is 5.11 Å². The van der Waals surface area contributed by atoms with E-state index in [4.69, 9.17) is 4.74 Å². The number of fused-ring (bicyclic) bond motifs is 2. The van der Waals surface area contributed by atoms with Gasteiger partial charge in [-0.05, 0) is 58.7 Å². The van der Waals surface area contributed by atoms with Crippen molar-refractivity contribution in [2.24, 2.45) is 0 Å². The van der Waals surface area contributed by atoms with Crippen molar-refractivity contribution in [1.82, 2.24) is 4.90 Å². The molecule has 2 fully saturated rings. The smallest absolute Gasteiger partial charge is 0.0934 e. The second-order valence-electron chi connectivity index (χ2n) is 9.05. The number of rotatable bonds is 3. The summed E-state index contributed by atoms with van der Waals surface area (Å²) in [5.74, 6) is 0. The SMILES string of the molecule is OC1(c2ccc3c4c(cccc24)CC3)CC2COCC(C1)N2Cc1ccccc1. The molecule has 3 heteroatoms. The molecule has 3 aromatic rings. The van der Waals surface area contributed by atoms with Gasteiger partial charge in [-0.1, -0.05) is 60.7 Å². The minimum atomic E-state index is -0.786. The number of aliphatic hydroxyl groups is 1. The van der Waals surface area contributed by atoms with Crippen molar-refractivity contribution >= 4 is 10.8 Å². The molecule has 29 heavy (non-hydrogen) atoms.